The minimum absolute atomic E-state index is 0.0130. The summed E-state index contributed by atoms with van der Waals surface area (Å²) in [4.78, 5) is 12.2. The van der Waals surface area contributed by atoms with Crippen molar-refractivity contribution in [3.8, 4) is 5.75 Å². The Balaban J connectivity index is 1.86. The molecular formula is C17H26N2O2. The Morgan fingerprint density at radius 3 is 2.81 bits per heavy atom. The second kappa shape index (κ2) is 8.03. The van der Waals surface area contributed by atoms with Crippen molar-refractivity contribution in [2.45, 2.75) is 57.7 Å². The van der Waals surface area contributed by atoms with E-state index in [2.05, 4.69) is 10.6 Å². The smallest absolute Gasteiger partial charge is 0.260 e. The lowest BCUT2D eigenvalue weighted by atomic mass is 9.95. The summed E-state index contributed by atoms with van der Waals surface area (Å²) in [6.07, 6.45) is 5.44. The predicted molar refractivity (Wildman–Crippen MR) is 84.3 cm³/mol. The maximum atomic E-state index is 12.2. The topological polar surface area (TPSA) is 50.4 Å². The standard InChI is InChI=1S/C17H26N2O2/c1-13(17(20)19-15-8-4-3-5-9-15)21-16-10-6-7-14(11-16)12-18-2/h6-7,10-11,13,15,18H,3-5,8-9,12H2,1-2H3,(H,19,20). The first-order chi connectivity index (χ1) is 10.2. The number of hydrogen-bond acceptors (Lipinski definition) is 3. The van der Waals surface area contributed by atoms with Crippen LogP contribution in [0.1, 0.15) is 44.6 Å². The summed E-state index contributed by atoms with van der Waals surface area (Å²) in [5.74, 6) is 0.731. The van der Waals surface area contributed by atoms with Crippen LogP contribution in [0.4, 0.5) is 0 Å². The highest BCUT2D eigenvalue weighted by Crippen LogP contribution is 2.18. The number of ether oxygens (including phenoxy) is 1. The molecule has 1 amide bonds. The third-order valence-corrected chi connectivity index (χ3v) is 3.91. The molecule has 21 heavy (non-hydrogen) atoms. The fraction of sp³-hybridized carbons (Fsp3) is 0.588. The largest absolute Gasteiger partial charge is 0.481 e. The van der Waals surface area contributed by atoms with Gasteiger partial charge in [-0.1, -0.05) is 31.4 Å². The van der Waals surface area contributed by atoms with Gasteiger partial charge in [-0.05, 0) is 44.5 Å². The van der Waals surface area contributed by atoms with Crippen molar-refractivity contribution in [1.29, 1.82) is 0 Å². The van der Waals surface area contributed by atoms with Crippen LogP contribution in [0, 0.1) is 0 Å². The molecule has 1 fully saturated rings. The summed E-state index contributed by atoms with van der Waals surface area (Å²) < 4.78 is 5.76. The van der Waals surface area contributed by atoms with Crippen LogP contribution in [0.15, 0.2) is 24.3 Å². The minimum Gasteiger partial charge on any atom is -0.481 e. The zero-order valence-corrected chi connectivity index (χ0v) is 13.0. The quantitative estimate of drug-likeness (QED) is 0.847. The van der Waals surface area contributed by atoms with E-state index in [1.807, 2.05) is 38.2 Å². The van der Waals surface area contributed by atoms with Crippen molar-refractivity contribution in [2.75, 3.05) is 7.05 Å². The molecule has 4 heteroatoms. The van der Waals surface area contributed by atoms with Crippen molar-refractivity contribution in [2.24, 2.45) is 0 Å². The molecule has 1 aromatic rings. The molecule has 1 aliphatic rings. The SMILES string of the molecule is CNCc1cccc(OC(C)C(=O)NC2CCCCC2)c1. The number of nitrogens with one attached hydrogen (secondary N) is 2. The highest BCUT2D eigenvalue weighted by atomic mass is 16.5. The van der Waals surface area contributed by atoms with Gasteiger partial charge in [0.15, 0.2) is 6.10 Å². The number of carbonyl (C=O) groups excluding carboxylic acids is 1. The van der Waals surface area contributed by atoms with Crippen LogP contribution in [0.3, 0.4) is 0 Å². The summed E-state index contributed by atoms with van der Waals surface area (Å²) >= 11 is 0. The zero-order chi connectivity index (χ0) is 15.1. The Hall–Kier alpha value is -1.55. The molecule has 1 atom stereocenters. The van der Waals surface area contributed by atoms with E-state index in [-0.39, 0.29) is 5.91 Å². The molecular weight excluding hydrogens is 264 g/mol. The molecule has 0 spiro atoms. The van der Waals surface area contributed by atoms with E-state index in [1.54, 1.807) is 0 Å². The highest BCUT2D eigenvalue weighted by molar-refractivity contribution is 5.81. The Bertz CT molecular complexity index is 456. The third kappa shape index (κ3) is 5.05. The highest BCUT2D eigenvalue weighted by Gasteiger charge is 2.20. The summed E-state index contributed by atoms with van der Waals surface area (Å²) in [7, 11) is 1.91. The van der Waals surface area contributed by atoms with Gasteiger partial charge in [-0.15, -0.1) is 0 Å². The molecule has 0 aliphatic heterocycles. The molecule has 1 aromatic carbocycles. The molecule has 1 unspecified atom stereocenters. The maximum absolute atomic E-state index is 12.2. The van der Waals surface area contributed by atoms with Gasteiger partial charge in [-0.25, -0.2) is 0 Å². The van der Waals surface area contributed by atoms with Crippen LogP contribution in [0.2, 0.25) is 0 Å². The van der Waals surface area contributed by atoms with Crippen LogP contribution >= 0.6 is 0 Å². The van der Waals surface area contributed by atoms with Crippen LogP contribution in [0.25, 0.3) is 0 Å². The average molecular weight is 290 g/mol. The van der Waals surface area contributed by atoms with E-state index in [1.165, 1.54) is 19.3 Å². The van der Waals surface area contributed by atoms with Crippen LogP contribution in [0.5, 0.6) is 5.75 Å². The summed E-state index contributed by atoms with van der Waals surface area (Å²) in [5.41, 5.74) is 1.15. The number of amides is 1. The van der Waals surface area contributed by atoms with Gasteiger partial charge >= 0.3 is 0 Å². The van der Waals surface area contributed by atoms with Gasteiger partial charge in [0.1, 0.15) is 5.75 Å². The lowest BCUT2D eigenvalue weighted by Crippen LogP contribution is -2.43. The zero-order valence-electron chi connectivity index (χ0n) is 13.0. The van der Waals surface area contributed by atoms with Gasteiger partial charge in [-0.2, -0.15) is 0 Å². The second-order valence-electron chi connectivity index (χ2n) is 5.78. The Morgan fingerprint density at radius 1 is 1.33 bits per heavy atom. The fourth-order valence-electron chi connectivity index (χ4n) is 2.76. The van der Waals surface area contributed by atoms with Crippen LogP contribution in [-0.4, -0.2) is 25.1 Å². The summed E-state index contributed by atoms with van der Waals surface area (Å²) in [5, 5.41) is 6.21. The fourth-order valence-corrected chi connectivity index (χ4v) is 2.76. The van der Waals surface area contributed by atoms with Crippen molar-refractivity contribution >= 4 is 5.91 Å². The molecule has 0 saturated heterocycles. The van der Waals surface area contributed by atoms with E-state index < -0.39 is 6.10 Å². The molecule has 2 rings (SSSR count). The second-order valence-corrected chi connectivity index (χ2v) is 5.78. The van der Waals surface area contributed by atoms with Gasteiger partial charge in [0.05, 0.1) is 0 Å². The normalized spacial score (nSPS) is 17.2. The minimum atomic E-state index is -0.461. The lowest BCUT2D eigenvalue weighted by molar-refractivity contribution is -0.128. The van der Waals surface area contributed by atoms with E-state index in [0.29, 0.717) is 6.04 Å². The Morgan fingerprint density at radius 2 is 2.10 bits per heavy atom. The van der Waals surface area contributed by atoms with Crippen molar-refractivity contribution in [1.82, 2.24) is 10.6 Å². The molecule has 1 saturated carbocycles. The third-order valence-electron chi connectivity index (χ3n) is 3.91. The molecule has 0 heterocycles. The van der Waals surface area contributed by atoms with Gasteiger partial charge in [0.25, 0.3) is 5.91 Å². The number of hydrogen-bond donors (Lipinski definition) is 2. The van der Waals surface area contributed by atoms with E-state index >= 15 is 0 Å². The van der Waals surface area contributed by atoms with Gasteiger partial charge < -0.3 is 15.4 Å². The first-order valence-corrected chi connectivity index (χ1v) is 7.89. The Kier molecular flexibility index (Phi) is 6.05. The van der Waals surface area contributed by atoms with Gasteiger partial charge in [0, 0.05) is 12.6 Å². The Labute approximate surface area is 127 Å². The first kappa shape index (κ1) is 15.8. The monoisotopic (exact) mass is 290 g/mol. The lowest BCUT2D eigenvalue weighted by Gasteiger charge is -2.24. The molecule has 0 bridgehead atoms. The maximum Gasteiger partial charge on any atom is 0.260 e. The molecule has 1 aliphatic carbocycles. The number of benzene rings is 1. The van der Waals surface area contributed by atoms with E-state index in [4.69, 9.17) is 4.74 Å². The molecule has 0 radical (unpaired) electrons. The molecule has 2 N–H and O–H groups in total. The van der Waals surface area contributed by atoms with E-state index in [0.717, 1.165) is 30.7 Å². The predicted octanol–water partition coefficient (Wildman–Crippen LogP) is 2.62. The van der Waals surface area contributed by atoms with Crippen LogP contribution < -0.4 is 15.4 Å². The summed E-state index contributed by atoms with van der Waals surface area (Å²) in [6.45, 7) is 2.60. The molecule has 0 aromatic heterocycles. The number of carbonyl (C=O) groups is 1. The van der Waals surface area contributed by atoms with Crippen molar-refractivity contribution < 1.29 is 9.53 Å². The van der Waals surface area contributed by atoms with Gasteiger partial charge in [-0.3, -0.25) is 4.79 Å². The van der Waals surface area contributed by atoms with Crippen LogP contribution in [-0.2, 0) is 11.3 Å². The first-order valence-electron chi connectivity index (χ1n) is 7.89. The van der Waals surface area contributed by atoms with E-state index in [9.17, 15) is 4.79 Å². The van der Waals surface area contributed by atoms with Gasteiger partial charge in [0.2, 0.25) is 0 Å². The molecule has 4 nitrogen and oxygen atoms in total. The molecule has 116 valence electrons. The number of rotatable bonds is 6. The van der Waals surface area contributed by atoms with Crippen molar-refractivity contribution in [3.63, 3.8) is 0 Å². The summed E-state index contributed by atoms with van der Waals surface area (Å²) in [6, 6.07) is 8.18. The van der Waals surface area contributed by atoms with Crippen molar-refractivity contribution in [3.05, 3.63) is 29.8 Å². The average Bonchev–Trinajstić information content (AvgIpc) is 2.49.